The predicted octanol–water partition coefficient (Wildman–Crippen LogP) is 3.02. The molecule has 0 spiro atoms. The fourth-order valence-electron chi connectivity index (χ4n) is 2.07. The molecule has 3 nitrogen and oxygen atoms in total. The molecular weight excluding hydrogens is 238 g/mol. The van der Waals surface area contributed by atoms with E-state index in [0.29, 0.717) is 5.76 Å². The number of aliphatic hydroxyl groups excluding tert-OH is 1. The molecule has 0 heterocycles. The van der Waals surface area contributed by atoms with E-state index in [9.17, 15) is 5.11 Å². The molecule has 1 aromatic rings. The molecule has 2 rings (SSSR count). The van der Waals surface area contributed by atoms with Crippen LogP contribution in [0.3, 0.4) is 0 Å². The summed E-state index contributed by atoms with van der Waals surface area (Å²) in [4.78, 5) is 2.08. The van der Waals surface area contributed by atoms with E-state index >= 15 is 0 Å². The van der Waals surface area contributed by atoms with Crippen molar-refractivity contribution in [2.24, 2.45) is 0 Å². The van der Waals surface area contributed by atoms with E-state index in [2.05, 4.69) is 4.90 Å². The highest BCUT2D eigenvalue weighted by Gasteiger charge is 2.14. The van der Waals surface area contributed by atoms with Gasteiger partial charge < -0.3 is 14.7 Å². The number of hydrogen-bond acceptors (Lipinski definition) is 3. The van der Waals surface area contributed by atoms with Crippen molar-refractivity contribution in [2.75, 3.05) is 27.7 Å². The molecule has 1 aliphatic carbocycles. The van der Waals surface area contributed by atoms with E-state index in [0.717, 1.165) is 29.0 Å². The lowest BCUT2D eigenvalue weighted by molar-refractivity contribution is 0.414. The first kappa shape index (κ1) is 13.4. The summed E-state index contributed by atoms with van der Waals surface area (Å²) >= 11 is 0. The number of hydrogen-bond donors (Lipinski definition) is 1. The van der Waals surface area contributed by atoms with Crippen molar-refractivity contribution < 1.29 is 9.84 Å². The highest BCUT2D eigenvalue weighted by atomic mass is 16.5. The summed E-state index contributed by atoms with van der Waals surface area (Å²) in [7, 11) is 5.66. The van der Waals surface area contributed by atoms with E-state index in [1.807, 2.05) is 56.6 Å². The minimum Gasteiger partial charge on any atom is -0.507 e. The third-order valence-corrected chi connectivity index (χ3v) is 3.01. The predicted molar refractivity (Wildman–Crippen MR) is 78.3 cm³/mol. The second-order valence-electron chi connectivity index (χ2n) is 4.78. The SMILES string of the molecule is COc1ccc(/C(O)=C2\C=CC=C2CN(C)C)cc1. The molecule has 0 atom stereocenters. The highest BCUT2D eigenvalue weighted by Crippen LogP contribution is 2.27. The van der Waals surface area contributed by atoms with Crippen LogP contribution in [0.1, 0.15) is 5.56 Å². The molecule has 0 unspecified atom stereocenters. The average molecular weight is 257 g/mol. The molecule has 19 heavy (non-hydrogen) atoms. The van der Waals surface area contributed by atoms with Gasteiger partial charge in [-0.1, -0.05) is 18.2 Å². The second kappa shape index (κ2) is 5.76. The largest absolute Gasteiger partial charge is 0.507 e. The average Bonchev–Trinajstić information content (AvgIpc) is 2.85. The van der Waals surface area contributed by atoms with Crippen LogP contribution in [0.25, 0.3) is 5.76 Å². The van der Waals surface area contributed by atoms with Crippen molar-refractivity contribution in [3.8, 4) is 5.75 Å². The van der Waals surface area contributed by atoms with Gasteiger partial charge in [0.1, 0.15) is 11.5 Å². The molecule has 0 fully saturated rings. The first-order valence-corrected chi connectivity index (χ1v) is 6.22. The second-order valence-corrected chi connectivity index (χ2v) is 4.78. The van der Waals surface area contributed by atoms with Crippen molar-refractivity contribution in [2.45, 2.75) is 0 Å². The number of benzene rings is 1. The minimum absolute atomic E-state index is 0.310. The molecule has 0 aliphatic heterocycles. The van der Waals surface area contributed by atoms with Crippen molar-refractivity contribution in [1.82, 2.24) is 4.90 Å². The van der Waals surface area contributed by atoms with Gasteiger partial charge >= 0.3 is 0 Å². The van der Waals surface area contributed by atoms with Crippen LogP contribution in [0, 0.1) is 0 Å². The molecule has 0 saturated heterocycles. The summed E-state index contributed by atoms with van der Waals surface area (Å²) in [6, 6.07) is 7.42. The zero-order chi connectivity index (χ0) is 13.8. The molecule has 0 aromatic heterocycles. The van der Waals surface area contributed by atoms with E-state index in [1.54, 1.807) is 7.11 Å². The molecular formula is C16H19NO2. The van der Waals surface area contributed by atoms with E-state index < -0.39 is 0 Å². The molecule has 0 amide bonds. The van der Waals surface area contributed by atoms with Gasteiger partial charge in [-0.15, -0.1) is 0 Å². The molecule has 1 aromatic carbocycles. The summed E-state index contributed by atoms with van der Waals surface area (Å²) in [6.07, 6.45) is 5.95. The van der Waals surface area contributed by atoms with Gasteiger partial charge in [0.05, 0.1) is 7.11 Å². The number of ether oxygens (including phenoxy) is 1. The van der Waals surface area contributed by atoms with Gasteiger partial charge in [-0.25, -0.2) is 0 Å². The van der Waals surface area contributed by atoms with Gasteiger partial charge in [0.2, 0.25) is 0 Å². The van der Waals surface area contributed by atoms with Crippen LogP contribution in [0.15, 0.2) is 53.6 Å². The van der Waals surface area contributed by atoms with Gasteiger partial charge in [0, 0.05) is 17.7 Å². The number of allylic oxidation sites excluding steroid dienone is 3. The molecule has 1 aliphatic rings. The minimum atomic E-state index is 0.310. The third kappa shape index (κ3) is 3.06. The van der Waals surface area contributed by atoms with Crippen LogP contribution in [0.5, 0.6) is 5.75 Å². The Hall–Kier alpha value is -2.00. The maximum Gasteiger partial charge on any atom is 0.130 e. The fraction of sp³-hybridized carbons (Fsp3) is 0.250. The number of nitrogens with zero attached hydrogens (tertiary/aromatic N) is 1. The maximum atomic E-state index is 10.4. The van der Waals surface area contributed by atoms with Crippen LogP contribution in [-0.2, 0) is 0 Å². The monoisotopic (exact) mass is 257 g/mol. The number of methoxy groups -OCH3 is 1. The molecule has 0 radical (unpaired) electrons. The highest BCUT2D eigenvalue weighted by molar-refractivity contribution is 5.72. The Bertz CT molecular complexity index is 536. The van der Waals surface area contributed by atoms with Crippen molar-refractivity contribution >= 4 is 5.76 Å². The zero-order valence-corrected chi connectivity index (χ0v) is 11.6. The molecule has 3 heteroatoms. The van der Waals surface area contributed by atoms with Gasteiger partial charge in [-0.3, -0.25) is 0 Å². The van der Waals surface area contributed by atoms with Gasteiger partial charge in [0.25, 0.3) is 0 Å². The van der Waals surface area contributed by atoms with Crippen LogP contribution in [-0.4, -0.2) is 37.8 Å². The molecule has 0 saturated carbocycles. The van der Waals surface area contributed by atoms with E-state index in [4.69, 9.17) is 4.74 Å². The summed E-state index contributed by atoms with van der Waals surface area (Å²) < 4.78 is 5.12. The maximum absolute atomic E-state index is 10.4. The Morgan fingerprint density at radius 2 is 1.89 bits per heavy atom. The Morgan fingerprint density at radius 1 is 1.21 bits per heavy atom. The van der Waals surface area contributed by atoms with Crippen LogP contribution in [0.4, 0.5) is 0 Å². The topological polar surface area (TPSA) is 32.7 Å². The van der Waals surface area contributed by atoms with Gasteiger partial charge in [-0.2, -0.15) is 0 Å². The smallest absolute Gasteiger partial charge is 0.130 e. The quantitative estimate of drug-likeness (QED) is 0.842. The Balaban J connectivity index is 2.29. The van der Waals surface area contributed by atoms with Crippen LogP contribution >= 0.6 is 0 Å². The Labute approximate surface area is 114 Å². The summed E-state index contributed by atoms with van der Waals surface area (Å²) in [5.74, 6) is 1.09. The fourth-order valence-corrected chi connectivity index (χ4v) is 2.07. The third-order valence-electron chi connectivity index (χ3n) is 3.01. The van der Waals surface area contributed by atoms with Crippen LogP contribution < -0.4 is 4.74 Å². The molecule has 100 valence electrons. The number of rotatable bonds is 4. The molecule has 1 N–H and O–H groups in total. The summed E-state index contributed by atoms with van der Waals surface area (Å²) in [5, 5.41) is 10.4. The lowest BCUT2D eigenvalue weighted by Gasteiger charge is -2.14. The summed E-state index contributed by atoms with van der Waals surface area (Å²) in [5.41, 5.74) is 2.81. The van der Waals surface area contributed by atoms with Crippen LogP contribution in [0.2, 0.25) is 0 Å². The first-order chi connectivity index (χ1) is 9.11. The lowest BCUT2D eigenvalue weighted by atomic mass is 10.0. The Morgan fingerprint density at radius 3 is 2.47 bits per heavy atom. The Kier molecular flexibility index (Phi) is 4.07. The number of aliphatic hydroxyl groups is 1. The van der Waals surface area contributed by atoms with Gasteiger partial charge in [-0.05, 0) is 43.9 Å². The zero-order valence-electron chi connectivity index (χ0n) is 11.6. The van der Waals surface area contributed by atoms with E-state index in [1.165, 1.54) is 0 Å². The normalized spacial score (nSPS) is 16.7. The lowest BCUT2D eigenvalue weighted by Crippen LogP contribution is -2.15. The van der Waals surface area contributed by atoms with Gasteiger partial charge in [0.15, 0.2) is 0 Å². The standard InChI is InChI=1S/C16H19NO2/c1-17(2)11-13-5-4-6-15(13)16(18)12-7-9-14(19-3)10-8-12/h4-10,18H,11H2,1-3H3/b16-15-. The number of likely N-dealkylation sites (N-methyl/N-ethyl adjacent to an activating group) is 1. The summed E-state index contributed by atoms with van der Waals surface area (Å²) in [6.45, 7) is 0.808. The van der Waals surface area contributed by atoms with Crippen molar-refractivity contribution in [3.05, 3.63) is 59.2 Å². The van der Waals surface area contributed by atoms with Crippen molar-refractivity contribution in [3.63, 3.8) is 0 Å². The first-order valence-electron chi connectivity index (χ1n) is 6.22. The molecule has 0 bridgehead atoms. The van der Waals surface area contributed by atoms with E-state index in [-0.39, 0.29) is 0 Å². The van der Waals surface area contributed by atoms with Crippen molar-refractivity contribution in [1.29, 1.82) is 0 Å².